The Labute approximate surface area is 106 Å². The summed E-state index contributed by atoms with van der Waals surface area (Å²) in [6.07, 6.45) is 0. The molecule has 0 saturated carbocycles. The minimum absolute atomic E-state index is 0.00182. The van der Waals surface area contributed by atoms with Crippen molar-refractivity contribution in [1.29, 1.82) is 0 Å². The molecule has 1 amide bonds. The molecule has 17 heavy (non-hydrogen) atoms. The van der Waals surface area contributed by atoms with E-state index in [2.05, 4.69) is 15.5 Å². The van der Waals surface area contributed by atoms with Crippen molar-refractivity contribution < 1.29 is 4.79 Å². The fraction of sp³-hybridized carbons (Fsp3) is 0.417. The summed E-state index contributed by atoms with van der Waals surface area (Å²) in [5.41, 5.74) is 0.737. The molecule has 0 aromatic heterocycles. The number of hydrogen-bond acceptors (Lipinski definition) is 3. The molecule has 1 unspecified atom stereocenters. The van der Waals surface area contributed by atoms with Crippen molar-refractivity contribution in [2.45, 2.75) is 6.04 Å². The molecule has 0 aliphatic carbocycles. The Morgan fingerprint density at radius 3 is 3.12 bits per heavy atom. The molecule has 1 heterocycles. The summed E-state index contributed by atoms with van der Waals surface area (Å²) < 4.78 is 0. The molecule has 4 nitrogen and oxygen atoms in total. The number of amides is 1. The number of likely N-dealkylation sites (N-methyl/N-ethyl adjacent to an activating group) is 1. The van der Waals surface area contributed by atoms with Crippen molar-refractivity contribution in [1.82, 2.24) is 10.2 Å². The number of piperazine rings is 1. The number of rotatable bonds is 2. The average Bonchev–Trinajstić information content (AvgIpc) is 2.29. The Hall–Kier alpha value is -1.10. The van der Waals surface area contributed by atoms with Crippen molar-refractivity contribution in [3.63, 3.8) is 0 Å². The molecule has 1 aliphatic heterocycles. The van der Waals surface area contributed by atoms with Crippen LogP contribution in [0.1, 0.15) is 0 Å². The highest BCUT2D eigenvalue weighted by molar-refractivity contribution is 6.30. The van der Waals surface area contributed by atoms with E-state index >= 15 is 0 Å². The van der Waals surface area contributed by atoms with E-state index in [1.807, 2.05) is 19.2 Å². The molecular weight excluding hydrogens is 238 g/mol. The van der Waals surface area contributed by atoms with Crippen LogP contribution < -0.4 is 10.6 Å². The van der Waals surface area contributed by atoms with Gasteiger partial charge >= 0.3 is 0 Å². The third-order valence-corrected chi connectivity index (χ3v) is 3.14. The zero-order chi connectivity index (χ0) is 12.3. The van der Waals surface area contributed by atoms with E-state index in [9.17, 15) is 4.79 Å². The fourth-order valence-corrected chi connectivity index (χ4v) is 2.08. The van der Waals surface area contributed by atoms with E-state index in [-0.39, 0.29) is 11.9 Å². The number of anilines is 1. The van der Waals surface area contributed by atoms with Crippen molar-refractivity contribution in [3.05, 3.63) is 29.3 Å². The van der Waals surface area contributed by atoms with E-state index in [0.29, 0.717) is 11.6 Å². The molecule has 1 atom stereocenters. The fourth-order valence-electron chi connectivity index (χ4n) is 1.89. The smallest absolute Gasteiger partial charge is 0.243 e. The third kappa shape index (κ3) is 3.19. The van der Waals surface area contributed by atoms with Crippen LogP contribution >= 0.6 is 11.6 Å². The van der Waals surface area contributed by atoms with Crippen LogP contribution in [0.5, 0.6) is 0 Å². The molecule has 0 bridgehead atoms. The number of hydrogen-bond donors (Lipinski definition) is 2. The first-order chi connectivity index (χ1) is 8.16. The first-order valence-corrected chi connectivity index (χ1v) is 6.02. The molecule has 1 aromatic carbocycles. The van der Waals surface area contributed by atoms with Crippen molar-refractivity contribution in [2.75, 3.05) is 32.0 Å². The Kier molecular flexibility index (Phi) is 3.99. The molecule has 0 spiro atoms. The number of nitrogens with one attached hydrogen (secondary N) is 2. The van der Waals surface area contributed by atoms with Crippen molar-refractivity contribution in [2.24, 2.45) is 0 Å². The van der Waals surface area contributed by atoms with Gasteiger partial charge in [-0.25, -0.2) is 0 Å². The van der Waals surface area contributed by atoms with Gasteiger partial charge in [0, 0.05) is 30.3 Å². The monoisotopic (exact) mass is 253 g/mol. The first kappa shape index (κ1) is 12.4. The third-order valence-electron chi connectivity index (χ3n) is 2.91. The van der Waals surface area contributed by atoms with E-state index in [4.69, 9.17) is 11.6 Å². The summed E-state index contributed by atoms with van der Waals surface area (Å²) in [6, 6.07) is 7.06. The van der Waals surface area contributed by atoms with Crippen LogP contribution in [-0.2, 0) is 4.79 Å². The molecule has 1 fully saturated rings. The van der Waals surface area contributed by atoms with Gasteiger partial charge < -0.3 is 10.6 Å². The van der Waals surface area contributed by atoms with Crippen LogP contribution in [0, 0.1) is 0 Å². The predicted molar refractivity (Wildman–Crippen MR) is 69.4 cm³/mol. The van der Waals surface area contributed by atoms with Gasteiger partial charge in [-0.1, -0.05) is 17.7 Å². The van der Waals surface area contributed by atoms with Gasteiger partial charge in [0.25, 0.3) is 0 Å². The number of halogens is 1. The van der Waals surface area contributed by atoms with Gasteiger partial charge in [0.2, 0.25) is 5.91 Å². The zero-order valence-electron chi connectivity index (χ0n) is 9.74. The second-order valence-corrected chi connectivity index (χ2v) is 4.64. The maximum atomic E-state index is 12.1. The van der Waals surface area contributed by atoms with Crippen molar-refractivity contribution in [3.8, 4) is 0 Å². The van der Waals surface area contributed by atoms with Crippen LogP contribution in [0.4, 0.5) is 5.69 Å². The van der Waals surface area contributed by atoms with E-state index in [1.54, 1.807) is 12.1 Å². The van der Waals surface area contributed by atoms with Crippen LogP contribution in [0.2, 0.25) is 5.02 Å². The lowest BCUT2D eigenvalue weighted by molar-refractivity contribution is -0.121. The van der Waals surface area contributed by atoms with Gasteiger partial charge in [-0.05, 0) is 25.2 Å². The summed E-state index contributed by atoms with van der Waals surface area (Å²) in [6.45, 7) is 2.49. The molecule has 2 N–H and O–H groups in total. The van der Waals surface area contributed by atoms with Gasteiger partial charge in [0.15, 0.2) is 0 Å². The Morgan fingerprint density at radius 1 is 1.59 bits per heavy atom. The molecule has 1 saturated heterocycles. The largest absolute Gasteiger partial charge is 0.325 e. The SMILES string of the molecule is CN1CCNCC1C(=O)Nc1cccc(Cl)c1. The molecule has 1 aliphatic rings. The van der Waals surface area contributed by atoms with E-state index in [1.165, 1.54) is 0 Å². The average molecular weight is 254 g/mol. The maximum Gasteiger partial charge on any atom is 0.243 e. The molecule has 5 heteroatoms. The normalized spacial score (nSPS) is 21.2. The van der Waals surface area contributed by atoms with Crippen LogP contribution in [-0.4, -0.2) is 43.5 Å². The summed E-state index contributed by atoms with van der Waals surface area (Å²) in [7, 11) is 1.96. The zero-order valence-corrected chi connectivity index (χ0v) is 10.5. The summed E-state index contributed by atoms with van der Waals surface area (Å²) in [4.78, 5) is 14.1. The van der Waals surface area contributed by atoms with Crippen molar-refractivity contribution >= 4 is 23.2 Å². The second kappa shape index (κ2) is 5.49. The van der Waals surface area contributed by atoms with E-state index < -0.39 is 0 Å². The lowest BCUT2D eigenvalue weighted by atomic mass is 10.2. The quantitative estimate of drug-likeness (QED) is 0.832. The number of carbonyl (C=O) groups is 1. The van der Waals surface area contributed by atoms with Gasteiger partial charge in [0.1, 0.15) is 6.04 Å². The standard InChI is InChI=1S/C12H16ClN3O/c1-16-6-5-14-8-11(16)12(17)15-10-4-2-3-9(13)7-10/h2-4,7,11,14H,5-6,8H2,1H3,(H,15,17). The minimum atomic E-state index is -0.122. The second-order valence-electron chi connectivity index (χ2n) is 4.20. The Balaban J connectivity index is 2.01. The summed E-state index contributed by atoms with van der Waals surface area (Å²) >= 11 is 5.87. The lowest BCUT2D eigenvalue weighted by Gasteiger charge is -2.31. The lowest BCUT2D eigenvalue weighted by Crippen LogP contribution is -2.54. The predicted octanol–water partition coefficient (Wildman–Crippen LogP) is 1.18. The number of nitrogens with zero attached hydrogens (tertiary/aromatic N) is 1. The van der Waals surface area contributed by atoms with Gasteiger partial charge in [-0.15, -0.1) is 0 Å². The maximum absolute atomic E-state index is 12.1. The van der Waals surface area contributed by atoms with Gasteiger partial charge in [0.05, 0.1) is 0 Å². The number of carbonyl (C=O) groups excluding carboxylic acids is 1. The molecule has 2 rings (SSSR count). The van der Waals surface area contributed by atoms with Crippen LogP contribution in [0.15, 0.2) is 24.3 Å². The highest BCUT2D eigenvalue weighted by atomic mass is 35.5. The summed E-state index contributed by atoms with van der Waals surface area (Å²) in [5, 5.41) is 6.72. The molecule has 1 aromatic rings. The first-order valence-electron chi connectivity index (χ1n) is 5.64. The minimum Gasteiger partial charge on any atom is -0.325 e. The Morgan fingerprint density at radius 2 is 2.41 bits per heavy atom. The van der Waals surface area contributed by atoms with Crippen LogP contribution in [0.3, 0.4) is 0 Å². The molecular formula is C12H16ClN3O. The topological polar surface area (TPSA) is 44.4 Å². The van der Waals surface area contributed by atoms with Gasteiger partial charge in [-0.3, -0.25) is 9.69 Å². The van der Waals surface area contributed by atoms with E-state index in [0.717, 1.165) is 18.8 Å². The highest BCUT2D eigenvalue weighted by Gasteiger charge is 2.25. The highest BCUT2D eigenvalue weighted by Crippen LogP contribution is 2.15. The molecule has 92 valence electrons. The van der Waals surface area contributed by atoms with Crippen LogP contribution in [0.25, 0.3) is 0 Å². The van der Waals surface area contributed by atoms with Gasteiger partial charge in [-0.2, -0.15) is 0 Å². The Bertz CT molecular complexity index is 410. The summed E-state index contributed by atoms with van der Waals surface area (Å²) in [5.74, 6) is 0.00182. The number of benzene rings is 1. The molecule has 0 radical (unpaired) electrons.